The fraction of sp³-hybridized carbons (Fsp3) is 0.450. The van der Waals surface area contributed by atoms with Gasteiger partial charge in [0.1, 0.15) is 5.76 Å². The molecule has 1 fully saturated rings. The van der Waals surface area contributed by atoms with Gasteiger partial charge in [-0.1, -0.05) is 37.3 Å². The van der Waals surface area contributed by atoms with E-state index in [2.05, 4.69) is 36.1 Å². The molecule has 2 atom stereocenters. The average molecular weight is 414 g/mol. The fourth-order valence-corrected chi connectivity index (χ4v) is 3.71. The van der Waals surface area contributed by atoms with Gasteiger partial charge in [0.15, 0.2) is 5.76 Å². The molecule has 1 aromatic heterocycles. The lowest BCUT2D eigenvalue weighted by Gasteiger charge is -2.41. The van der Waals surface area contributed by atoms with E-state index in [1.807, 2.05) is 18.0 Å². The monoisotopic (exact) mass is 413 g/mol. The van der Waals surface area contributed by atoms with E-state index in [1.54, 1.807) is 12.1 Å². The summed E-state index contributed by atoms with van der Waals surface area (Å²) in [7, 11) is 1.88. The van der Waals surface area contributed by atoms with Crippen molar-refractivity contribution in [2.24, 2.45) is 11.7 Å². The Bertz CT molecular complexity index is 708. The molecule has 0 radical (unpaired) electrons. The molecule has 7 heteroatoms. The molecule has 1 aliphatic heterocycles. The van der Waals surface area contributed by atoms with Crippen molar-refractivity contribution in [2.75, 3.05) is 20.1 Å². The van der Waals surface area contributed by atoms with E-state index in [9.17, 15) is 4.79 Å². The number of rotatable bonds is 5. The Hall–Kier alpha value is -1.53. The third-order valence-electron chi connectivity index (χ3n) is 5.08. The SMILES string of the molecule is CC1CN(Cc2ccccc2)CCC1N(C)C(=O)c1ccc(CN)o1.Cl.Cl. The summed E-state index contributed by atoms with van der Waals surface area (Å²) in [5.41, 5.74) is 6.89. The van der Waals surface area contributed by atoms with E-state index < -0.39 is 0 Å². The Balaban J connectivity index is 0.00000182. The maximum Gasteiger partial charge on any atom is 0.289 e. The minimum atomic E-state index is -0.0620. The van der Waals surface area contributed by atoms with E-state index >= 15 is 0 Å². The van der Waals surface area contributed by atoms with Crippen molar-refractivity contribution >= 4 is 30.7 Å². The second-order valence-corrected chi connectivity index (χ2v) is 6.94. The summed E-state index contributed by atoms with van der Waals surface area (Å²) in [6.07, 6.45) is 0.973. The van der Waals surface area contributed by atoms with Crippen molar-refractivity contribution in [3.8, 4) is 0 Å². The van der Waals surface area contributed by atoms with Crippen LogP contribution in [0.15, 0.2) is 46.9 Å². The summed E-state index contributed by atoms with van der Waals surface area (Å²) in [5, 5.41) is 0. The molecule has 2 heterocycles. The van der Waals surface area contributed by atoms with E-state index in [4.69, 9.17) is 10.2 Å². The van der Waals surface area contributed by atoms with Gasteiger partial charge in [-0.3, -0.25) is 9.69 Å². The lowest BCUT2D eigenvalue weighted by molar-refractivity contribution is 0.0470. The number of benzene rings is 1. The maximum atomic E-state index is 12.7. The molecule has 2 aromatic rings. The molecule has 0 spiro atoms. The molecule has 1 aromatic carbocycles. The Labute approximate surface area is 173 Å². The zero-order valence-corrected chi connectivity index (χ0v) is 17.5. The minimum absolute atomic E-state index is 0. The third kappa shape index (κ3) is 5.72. The Morgan fingerprint density at radius 3 is 2.52 bits per heavy atom. The smallest absolute Gasteiger partial charge is 0.289 e. The molecule has 150 valence electrons. The highest BCUT2D eigenvalue weighted by Crippen LogP contribution is 2.24. The number of carbonyl (C=O) groups excluding carboxylic acids is 1. The van der Waals surface area contributed by atoms with Gasteiger partial charge in [0.05, 0.1) is 6.54 Å². The summed E-state index contributed by atoms with van der Waals surface area (Å²) in [6.45, 7) is 5.48. The number of furan rings is 1. The first-order valence-corrected chi connectivity index (χ1v) is 8.90. The number of nitrogens with zero attached hydrogens (tertiary/aromatic N) is 2. The summed E-state index contributed by atoms with van der Waals surface area (Å²) in [4.78, 5) is 17.0. The van der Waals surface area contributed by atoms with E-state index in [1.165, 1.54) is 5.56 Å². The van der Waals surface area contributed by atoms with Gasteiger partial charge in [0.2, 0.25) is 0 Å². The maximum absolute atomic E-state index is 12.7. The average Bonchev–Trinajstić information content (AvgIpc) is 3.11. The number of piperidine rings is 1. The zero-order valence-electron chi connectivity index (χ0n) is 15.8. The first-order chi connectivity index (χ1) is 12.1. The molecule has 27 heavy (non-hydrogen) atoms. The lowest BCUT2D eigenvalue weighted by Crippen LogP contribution is -2.50. The zero-order chi connectivity index (χ0) is 17.8. The standard InChI is InChI=1S/C20H27N3O2.2ClH/c1-15-13-23(14-16-6-4-3-5-7-16)11-10-18(15)22(2)20(24)19-9-8-17(12-21)25-19;;/h3-9,15,18H,10-14,21H2,1-2H3;2*1H. The predicted molar refractivity (Wildman–Crippen MR) is 112 cm³/mol. The fourth-order valence-electron chi connectivity index (χ4n) is 3.71. The van der Waals surface area contributed by atoms with Crippen LogP contribution in [0.2, 0.25) is 0 Å². The van der Waals surface area contributed by atoms with Crippen LogP contribution in [0.5, 0.6) is 0 Å². The van der Waals surface area contributed by atoms with Gasteiger partial charge < -0.3 is 15.1 Å². The number of likely N-dealkylation sites (tertiary alicyclic amines) is 1. The van der Waals surface area contributed by atoms with Crippen LogP contribution in [0.4, 0.5) is 0 Å². The number of hydrogen-bond donors (Lipinski definition) is 1. The number of amides is 1. The summed E-state index contributed by atoms with van der Waals surface area (Å²) in [6, 6.07) is 14.3. The third-order valence-corrected chi connectivity index (χ3v) is 5.08. The summed E-state index contributed by atoms with van der Waals surface area (Å²) < 4.78 is 5.52. The molecule has 1 amide bonds. The van der Waals surface area contributed by atoms with Gasteiger partial charge >= 0.3 is 0 Å². The molecule has 0 aliphatic carbocycles. The Morgan fingerprint density at radius 2 is 1.93 bits per heavy atom. The Kier molecular flexibility index (Phi) is 9.33. The molecule has 2 N–H and O–H groups in total. The van der Waals surface area contributed by atoms with Gasteiger partial charge in [-0.2, -0.15) is 0 Å². The van der Waals surface area contributed by atoms with E-state index in [0.29, 0.717) is 24.0 Å². The van der Waals surface area contributed by atoms with Gasteiger partial charge in [0.25, 0.3) is 5.91 Å². The van der Waals surface area contributed by atoms with Crippen LogP contribution in [-0.2, 0) is 13.1 Å². The molecule has 3 rings (SSSR count). The number of carbonyl (C=O) groups is 1. The largest absolute Gasteiger partial charge is 0.455 e. The van der Waals surface area contributed by atoms with Crippen LogP contribution < -0.4 is 5.73 Å². The molecule has 5 nitrogen and oxygen atoms in total. The van der Waals surface area contributed by atoms with Crippen LogP contribution in [-0.4, -0.2) is 41.9 Å². The second-order valence-electron chi connectivity index (χ2n) is 6.94. The summed E-state index contributed by atoms with van der Waals surface area (Å²) in [5.74, 6) is 1.37. The van der Waals surface area contributed by atoms with Crippen LogP contribution >= 0.6 is 24.8 Å². The normalized spacial score (nSPS) is 19.7. The molecule has 1 saturated heterocycles. The molecule has 0 saturated carbocycles. The minimum Gasteiger partial charge on any atom is -0.455 e. The Morgan fingerprint density at radius 1 is 1.22 bits per heavy atom. The van der Waals surface area contributed by atoms with E-state index in [0.717, 1.165) is 26.1 Å². The lowest BCUT2D eigenvalue weighted by atomic mass is 9.92. The topological polar surface area (TPSA) is 62.7 Å². The number of halogens is 2. The van der Waals surface area contributed by atoms with Crippen LogP contribution in [0.1, 0.15) is 35.2 Å². The van der Waals surface area contributed by atoms with Crippen molar-refractivity contribution in [2.45, 2.75) is 32.5 Å². The van der Waals surface area contributed by atoms with Crippen molar-refractivity contribution in [3.63, 3.8) is 0 Å². The van der Waals surface area contributed by atoms with E-state index in [-0.39, 0.29) is 36.8 Å². The van der Waals surface area contributed by atoms with Crippen molar-refractivity contribution in [1.29, 1.82) is 0 Å². The van der Waals surface area contributed by atoms with Crippen molar-refractivity contribution in [1.82, 2.24) is 9.80 Å². The molecule has 2 unspecified atom stereocenters. The van der Waals surface area contributed by atoms with Crippen molar-refractivity contribution < 1.29 is 9.21 Å². The van der Waals surface area contributed by atoms with Crippen LogP contribution in [0, 0.1) is 5.92 Å². The number of hydrogen-bond acceptors (Lipinski definition) is 4. The molecular formula is C20H29Cl2N3O2. The number of nitrogens with two attached hydrogens (primary N) is 1. The summed E-state index contributed by atoms with van der Waals surface area (Å²) >= 11 is 0. The molecular weight excluding hydrogens is 385 g/mol. The first-order valence-electron chi connectivity index (χ1n) is 8.90. The van der Waals surface area contributed by atoms with Gasteiger partial charge in [-0.05, 0) is 30.0 Å². The van der Waals surface area contributed by atoms with Gasteiger partial charge in [-0.25, -0.2) is 0 Å². The molecule has 0 bridgehead atoms. The molecule has 1 aliphatic rings. The highest BCUT2D eigenvalue weighted by atomic mass is 35.5. The van der Waals surface area contributed by atoms with Gasteiger partial charge in [-0.15, -0.1) is 24.8 Å². The highest BCUT2D eigenvalue weighted by molar-refractivity contribution is 5.91. The van der Waals surface area contributed by atoms with Gasteiger partial charge in [0, 0.05) is 32.7 Å². The predicted octanol–water partition coefficient (Wildman–Crippen LogP) is 3.56. The van der Waals surface area contributed by atoms with Crippen LogP contribution in [0.25, 0.3) is 0 Å². The highest BCUT2D eigenvalue weighted by Gasteiger charge is 2.32. The second kappa shape index (κ2) is 10.7. The van der Waals surface area contributed by atoms with Crippen molar-refractivity contribution in [3.05, 3.63) is 59.5 Å². The first kappa shape index (κ1) is 23.5. The quantitative estimate of drug-likeness (QED) is 0.813. The van der Waals surface area contributed by atoms with Crippen LogP contribution in [0.3, 0.4) is 0 Å².